The highest BCUT2D eigenvalue weighted by Crippen LogP contribution is 2.19. The van der Waals surface area contributed by atoms with E-state index in [1.807, 2.05) is 25.1 Å². The van der Waals surface area contributed by atoms with Crippen molar-refractivity contribution < 1.29 is 13.2 Å². The fourth-order valence-corrected chi connectivity index (χ4v) is 2.61. The molecular formula is C13H17N3O3S. The Morgan fingerprint density at radius 1 is 1.25 bits per heavy atom. The summed E-state index contributed by atoms with van der Waals surface area (Å²) < 4.78 is 31.1. The smallest absolute Gasteiger partial charge is 0.234 e. The van der Waals surface area contributed by atoms with Crippen molar-refractivity contribution in [2.24, 2.45) is 0 Å². The number of H-pyrrole nitrogens is 1. The molecule has 0 aliphatic carbocycles. The number of ether oxygens (including phenoxy) is 1. The van der Waals surface area contributed by atoms with Crippen LogP contribution >= 0.6 is 0 Å². The molecule has 0 aliphatic heterocycles. The molecule has 0 amide bonds. The maximum absolute atomic E-state index is 11.8. The largest absolute Gasteiger partial charge is 0.381 e. The number of nitrogens with zero attached hydrogens (tertiary/aromatic N) is 1. The minimum absolute atomic E-state index is 0.0524. The van der Waals surface area contributed by atoms with Gasteiger partial charge in [0.15, 0.2) is 0 Å². The van der Waals surface area contributed by atoms with Crippen LogP contribution in [0, 0.1) is 0 Å². The summed E-state index contributed by atoms with van der Waals surface area (Å²) in [5.41, 5.74) is 2.36. The molecule has 2 rings (SSSR count). The van der Waals surface area contributed by atoms with Crippen molar-refractivity contribution in [1.82, 2.24) is 10.2 Å². The number of aromatic amines is 1. The van der Waals surface area contributed by atoms with E-state index in [1.54, 1.807) is 18.3 Å². The second kappa shape index (κ2) is 6.53. The summed E-state index contributed by atoms with van der Waals surface area (Å²) in [7, 11) is -3.37. The van der Waals surface area contributed by atoms with Crippen molar-refractivity contribution >= 4 is 15.7 Å². The topological polar surface area (TPSA) is 84.1 Å². The van der Waals surface area contributed by atoms with Crippen LogP contribution in [0.15, 0.2) is 36.5 Å². The van der Waals surface area contributed by atoms with E-state index in [-0.39, 0.29) is 12.4 Å². The average molecular weight is 295 g/mol. The highest BCUT2D eigenvalue weighted by molar-refractivity contribution is 7.92. The molecule has 0 bridgehead atoms. The molecular weight excluding hydrogens is 278 g/mol. The zero-order valence-corrected chi connectivity index (χ0v) is 12.0. The fraction of sp³-hybridized carbons (Fsp3) is 0.308. The van der Waals surface area contributed by atoms with Crippen LogP contribution in [0.25, 0.3) is 11.3 Å². The standard InChI is InChI=1S/C13H17N3O3S/c1-2-19-9-10-20(17,18)16-12-5-3-11(4-6-12)13-7-8-14-15-13/h3-8,16H,2,9-10H2,1H3,(H,14,15). The van der Waals surface area contributed by atoms with Crippen molar-refractivity contribution in [2.45, 2.75) is 6.92 Å². The molecule has 1 aromatic heterocycles. The van der Waals surface area contributed by atoms with E-state index in [4.69, 9.17) is 4.74 Å². The summed E-state index contributed by atoms with van der Waals surface area (Å²) >= 11 is 0. The molecule has 0 saturated heterocycles. The number of nitrogens with one attached hydrogen (secondary N) is 2. The third-order valence-electron chi connectivity index (χ3n) is 2.67. The summed E-state index contributed by atoms with van der Waals surface area (Å²) in [5.74, 6) is -0.0524. The Morgan fingerprint density at radius 3 is 2.60 bits per heavy atom. The molecule has 2 N–H and O–H groups in total. The van der Waals surface area contributed by atoms with E-state index >= 15 is 0 Å². The summed E-state index contributed by atoms with van der Waals surface area (Å²) in [4.78, 5) is 0. The highest BCUT2D eigenvalue weighted by atomic mass is 32.2. The maximum atomic E-state index is 11.8. The lowest BCUT2D eigenvalue weighted by molar-refractivity contribution is 0.163. The molecule has 0 unspecified atom stereocenters. The SMILES string of the molecule is CCOCCS(=O)(=O)Nc1ccc(-c2ccn[nH]2)cc1. The number of benzene rings is 1. The molecule has 2 aromatic rings. The van der Waals surface area contributed by atoms with E-state index < -0.39 is 10.0 Å². The van der Waals surface area contributed by atoms with E-state index in [2.05, 4.69) is 14.9 Å². The molecule has 6 nitrogen and oxygen atoms in total. The van der Waals surface area contributed by atoms with Crippen LogP contribution in [-0.2, 0) is 14.8 Å². The lowest BCUT2D eigenvalue weighted by Gasteiger charge is -2.08. The summed E-state index contributed by atoms with van der Waals surface area (Å²) in [6.07, 6.45) is 1.67. The summed E-state index contributed by atoms with van der Waals surface area (Å²) in [5, 5.41) is 6.72. The van der Waals surface area contributed by atoms with Gasteiger partial charge in [0, 0.05) is 18.5 Å². The second-order valence-corrected chi connectivity index (χ2v) is 6.01. The zero-order valence-electron chi connectivity index (χ0n) is 11.2. The number of hydrogen-bond donors (Lipinski definition) is 2. The van der Waals surface area contributed by atoms with Crippen LogP contribution in [0.5, 0.6) is 0 Å². The molecule has 20 heavy (non-hydrogen) atoms. The molecule has 7 heteroatoms. The Bertz CT molecular complexity index is 621. The van der Waals surface area contributed by atoms with Gasteiger partial charge in [-0.25, -0.2) is 8.42 Å². The van der Waals surface area contributed by atoms with Gasteiger partial charge in [-0.1, -0.05) is 12.1 Å². The number of anilines is 1. The van der Waals surface area contributed by atoms with E-state index in [0.29, 0.717) is 12.3 Å². The van der Waals surface area contributed by atoms with Gasteiger partial charge >= 0.3 is 0 Å². The Labute approximate surface area is 118 Å². The summed E-state index contributed by atoms with van der Waals surface area (Å²) in [6.45, 7) is 2.53. The van der Waals surface area contributed by atoms with E-state index in [9.17, 15) is 8.42 Å². The van der Waals surface area contributed by atoms with Gasteiger partial charge in [-0.3, -0.25) is 9.82 Å². The first-order valence-electron chi connectivity index (χ1n) is 6.29. The maximum Gasteiger partial charge on any atom is 0.234 e. The predicted molar refractivity (Wildman–Crippen MR) is 77.9 cm³/mol. The van der Waals surface area contributed by atoms with Crippen LogP contribution < -0.4 is 4.72 Å². The lowest BCUT2D eigenvalue weighted by atomic mass is 10.1. The highest BCUT2D eigenvalue weighted by Gasteiger charge is 2.10. The molecule has 1 aromatic carbocycles. The Morgan fingerprint density at radius 2 is 2.00 bits per heavy atom. The van der Waals surface area contributed by atoms with Gasteiger partial charge < -0.3 is 4.74 Å². The first kappa shape index (κ1) is 14.5. The van der Waals surface area contributed by atoms with Crippen molar-refractivity contribution in [3.63, 3.8) is 0 Å². The van der Waals surface area contributed by atoms with Gasteiger partial charge in [0.05, 0.1) is 18.1 Å². The van der Waals surface area contributed by atoms with Gasteiger partial charge in [-0.15, -0.1) is 0 Å². The zero-order chi connectivity index (χ0) is 14.4. The molecule has 108 valence electrons. The van der Waals surface area contributed by atoms with Crippen molar-refractivity contribution in [1.29, 1.82) is 0 Å². The van der Waals surface area contributed by atoms with Crippen LogP contribution in [0.2, 0.25) is 0 Å². The van der Waals surface area contributed by atoms with Gasteiger partial charge in [0.1, 0.15) is 0 Å². The normalized spacial score (nSPS) is 11.4. The number of hydrogen-bond acceptors (Lipinski definition) is 4. The molecule has 0 saturated carbocycles. The lowest BCUT2D eigenvalue weighted by Crippen LogP contribution is -2.20. The fourth-order valence-electron chi connectivity index (χ4n) is 1.68. The molecule has 0 fully saturated rings. The molecule has 1 heterocycles. The minimum Gasteiger partial charge on any atom is -0.381 e. The molecule has 0 aliphatic rings. The van der Waals surface area contributed by atoms with Crippen LogP contribution in [0.4, 0.5) is 5.69 Å². The van der Waals surface area contributed by atoms with E-state index in [0.717, 1.165) is 11.3 Å². The third-order valence-corrected chi connectivity index (χ3v) is 3.92. The van der Waals surface area contributed by atoms with Crippen molar-refractivity contribution in [2.75, 3.05) is 23.7 Å². The van der Waals surface area contributed by atoms with Crippen LogP contribution in [0.1, 0.15) is 6.92 Å². The van der Waals surface area contributed by atoms with E-state index in [1.165, 1.54) is 0 Å². The molecule has 0 radical (unpaired) electrons. The van der Waals surface area contributed by atoms with Crippen LogP contribution in [0.3, 0.4) is 0 Å². The number of sulfonamides is 1. The monoisotopic (exact) mass is 295 g/mol. The van der Waals surface area contributed by atoms with Crippen LogP contribution in [-0.4, -0.2) is 37.6 Å². The first-order valence-corrected chi connectivity index (χ1v) is 7.94. The quantitative estimate of drug-likeness (QED) is 0.764. The first-order chi connectivity index (χ1) is 9.61. The summed E-state index contributed by atoms with van der Waals surface area (Å²) in [6, 6.07) is 8.94. The van der Waals surface area contributed by atoms with Gasteiger partial charge in [-0.2, -0.15) is 5.10 Å². The Balaban J connectivity index is 2.00. The minimum atomic E-state index is -3.37. The van der Waals surface area contributed by atoms with Gasteiger partial charge in [-0.05, 0) is 30.7 Å². The van der Waals surface area contributed by atoms with Gasteiger partial charge in [0.25, 0.3) is 0 Å². The Kier molecular flexibility index (Phi) is 4.75. The average Bonchev–Trinajstić information content (AvgIpc) is 2.93. The van der Waals surface area contributed by atoms with Crippen molar-refractivity contribution in [3.05, 3.63) is 36.5 Å². The number of aromatic nitrogens is 2. The second-order valence-electron chi connectivity index (χ2n) is 4.17. The molecule has 0 spiro atoms. The third kappa shape index (κ3) is 4.07. The number of rotatable bonds is 7. The Hall–Kier alpha value is -1.86. The van der Waals surface area contributed by atoms with Gasteiger partial charge in [0.2, 0.25) is 10.0 Å². The predicted octanol–water partition coefficient (Wildman–Crippen LogP) is 1.85. The van der Waals surface area contributed by atoms with Crippen molar-refractivity contribution in [3.8, 4) is 11.3 Å². The molecule has 0 atom stereocenters.